The Kier molecular flexibility index (Phi) is 4.31. The third-order valence-electron chi connectivity index (χ3n) is 4.61. The quantitative estimate of drug-likeness (QED) is 0.694. The van der Waals surface area contributed by atoms with E-state index in [0.717, 1.165) is 5.84 Å². The lowest BCUT2D eigenvalue weighted by Gasteiger charge is -2.22. The minimum absolute atomic E-state index is 0.0140. The Balaban J connectivity index is 1.63. The molecule has 4 nitrogen and oxygen atoms in total. The van der Waals surface area contributed by atoms with Crippen LogP contribution in [0.2, 0.25) is 0 Å². The van der Waals surface area contributed by atoms with Crippen LogP contribution in [0, 0.1) is 0 Å². The van der Waals surface area contributed by atoms with Gasteiger partial charge in [0.05, 0.1) is 12.1 Å². The molecule has 0 spiro atoms. The number of fused-ring (bicyclic) bond motifs is 1. The summed E-state index contributed by atoms with van der Waals surface area (Å²) in [5.41, 5.74) is 1.73. The first kappa shape index (κ1) is 16.5. The van der Waals surface area contributed by atoms with Gasteiger partial charge in [-0.25, -0.2) is 0 Å². The van der Waals surface area contributed by atoms with Gasteiger partial charge in [-0.15, -0.1) is 0 Å². The van der Waals surface area contributed by atoms with Gasteiger partial charge in [-0.1, -0.05) is 54.7 Å². The molecule has 0 amide bonds. The monoisotopic (exact) mass is 362 g/mol. The number of benzene rings is 3. The molecule has 3 aromatic carbocycles. The summed E-state index contributed by atoms with van der Waals surface area (Å²) < 4.78 is 0. The molecule has 0 fully saturated rings. The molecule has 2 N–H and O–H groups in total. The maximum absolute atomic E-state index is 10.1. The van der Waals surface area contributed by atoms with Gasteiger partial charge in [0.2, 0.25) is 0 Å². The van der Waals surface area contributed by atoms with Crippen LogP contribution in [0.3, 0.4) is 0 Å². The number of hydrogen-bond acceptors (Lipinski definition) is 4. The molecule has 1 aliphatic heterocycles. The second-order valence-corrected chi connectivity index (χ2v) is 6.66. The molecule has 0 unspecified atom stereocenters. The van der Waals surface area contributed by atoms with Crippen LogP contribution in [0.1, 0.15) is 11.1 Å². The molecule has 0 atom stereocenters. The molecule has 130 valence electrons. The zero-order valence-corrected chi connectivity index (χ0v) is 14.9. The SMILES string of the molecule is Oc1ccc(C(=S)N2CCN=C2Cc2cccc3ccccc23)c(O)c1. The number of hydrogen-bond donors (Lipinski definition) is 2. The van der Waals surface area contributed by atoms with Crippen molar-refractivity contribution in [2.75, 3.05) is 13.1 Å². The van der Waals surface area contributed by atoms with Gasteiger partial charge in [-0.2, -0.15) is 0 Å². The standard InChI is InChI=1S/C21H18N2O2S/c24-16-8-9-18(19(25)13-16)21(26)23-11-10-22-20(23)12-15-6-3-5-14-4-1-2-7-17(14)15/h1-9,13,24-25H,10-12H2. The average molecular weight is 362 g/mol. The van der Waals surface area contributed by atoms with E-state index in [2.05, 4.69) is 35.3 Å². The van der Waals surface area contributed by atoms with E-state index in [0.29, 0.717) is 30.1 Å². The summed E-state index contributed by atoms with van der Waals surface area (Å²) in [6, 6.07) is 19.0. The summed E-state index contributed by atoms with van der Waals surface area (Å²) in [4.78, 5) is 7.14. The van der Waals surface area contributed by atoms with Gasteiger partial charge in [-0.3, -0.25) is 4.99 Å². The van der Waals surface area contributed by atoms with Gasteiger partial charge in [0.25, 0.3) is 0 Å². The molecule has 0 aliphatic carbocycles. The van der Waals surface area contributed by atoms with Gasteiger partial charge in [0.1, 0.15) is 22.3 Å². The van der Waals surface area contributed by atoms with E-state index in [9.17, 15) is 10.2 Å². The van der Waals surface area contributed by atoms with Crippen LogP contribution in [0.15, 0.2) is 65.7 Å². The Hall–Kier alpha value is -2.92. The fraction of sp³-hybridized carbons (Fsp3) is 0.143. The molecule has 0 aromatic heterocycles. The molecule has 0 saturated carbocycles. The van der Waals surface area contributed by atoms with Gasteiger partial charge < -0.3 is 15.1 Å². The van der Waals surface area contributed by atoms with Crippen molar-refractivity contribution < 1.29 is 10.2 Å². The normalized spacial score (nSPS) is 13.8. The van der Waals surface area contributed by atoms with Crippen LogP contribution in [0.4, 0.5) is 0 Å². The van der Waals surface area contributed by atoms with Crippen LogP contribution >= 0.6 is 12.2 Å². The lowest BCUT2D eigenvalue weighted by Crippen LogP contribution is -2.34. The third kappa shape index (κ3) is 3.02. The Morgan fingerprint density at radius 1 is 1.04 bits per heavy atom. The number of rotatable bonds is 3. The molecule has 1 heterocycles. The molecule has 0 saturated heterocycles. The zero-order chi connectivity index (χ0) is 18.1. The molecular weight excluding hydrogens is 344 g/mol. The van der Waals surface area contributed by atoms with Crippen molar-refractivity contribution in [1.29, 1.82) is 0 Å². The van der Waals surface area contributed by atoms with Gasteiger partial charge >= 0.3 is 0 Å². The van der Waals surface area contributed by atoms with Gasteiger partial charge in [-0.05, 0) is 28.5 Å². The largest absolute Gasteiger partial charge is 0.508 e. The molecule has 3 aromatic rings. The lowest BCUT2D eigenvalue weighted by molar-refractivity contribution is 0.449. The highest BCUT2D eigenvalue weighted by Crippen LogP contribution is 2.26. The molecular formula is C21H18N2O2S. The minimum atomic E-state index is -0.0218. The molecule has 5 heteroatoms. The summed E-state index contributed by atoms with van der Waals surface area (Å²) in [6.45, 7) is 1.37. The maximum atomic E-state index is 10.1. The van der Waals surface area contributed by atoms with Crippen molar-refractivity contribution >= 4 is 33.8 Å². The van der Waals surface area contributed by atoms with Crippen molar-refractivity contribution in [2.45, 2.75) is 6.42 Å². The van der Waals surface area contributed by atoms with Crippen molar-refractivity contribution in [3.8, 4) is 11.5 Å². The fourth-order valence-corrected chi connectivity index (χ4v) is 3.70. The third-order valence-corrected chi connectivity index (χ3v) is 5.06. The number of phenolic OH excluding ortho intramolecular Hbond substituents is 2. The first-order chi connectivity index (χ1) is 12.6. The molecule has 4 rings (SSSR count). The first-order valence-corrected chi connectivity index (χ1v) is 8.88. The molecule has 26 heavy (non-hydrogen) atoms. The summed E-state index contributed by atoms with van der Waals surface area (Å²) >= 11 is 5.60. The van der Waals surface area contributed by atoms with Crippen LogP contribution < -0.4 is 0 Å². The van der Waals surface area contributed by atoms with Crippen molar-refractivity contribution in [3.05, 3.63) is 71.8 Å². The number of aromatic hydroxyl groups is 2. The van der Waals surface area contributed by atoms with E-state index in [-0.39, 0.29) is 11.5 Å². The summed E-state index contributed by atoms with van der Waals surface area (Å²) in [5.74, 6) is 0.894. The number of aliphatic imine (C=N–C) groups is 1. The minimum Gasteiger partial charge on any atom is -0.508 e. The first-order valence-electron chi connectivity index (χ1n) is 8.47. The Morgan fingerprint density at radius 3 is 2.69 bits per heavy atom. The van der Waals surface area contributed by atoms with Crippen molar-refractivity contribution in [3.63, 3.8) is 0 Å². The van der Waals surface area contributed by atoms with Crippen LogP contribution in [-0.2, 0) is 6.42 Å². The van der Waals surface area contributed by atoms with Crippen LogP contribution in [0.5, 0.6) is 11.5 Å². The highest BCUT2D eigenvalue weighted by molar-refractivity contribution is 7.80. The van der Waals surface area contributed by atoms with E-state index >= 15 is 0 Å². The van der Waals surface area contributed by atoms with E-state index in [1.807, 2.05) is 17.0 Å². The number of phenols is 2. The Bertz CT molecular complexity index is 1020. The highest BCUT2D eigenvalue weighted by Gasteiger charge is 2.24. The lowest BCUT2D eigenvalue weighted by atomic mass is 10.0. The summed E-state index contributed by atoms with van der Waals surface area (Å²) in [5, 5.41) is 22.0. The van der Waals surface area contributed by atoms with Gasteiger partial charge in [0, 0.05) is 19.0 Å². The number of nitrogens with zero attached hydrogens (tertiary/aromatic N) is 2. The zero-order valence-electron chi connectivity index (χ0n) is 14.1. The Morgan fingerprint density at radius 2 is 1.85 bits per heavy atom. The summed E-state index contributed by atoms with van der Waals surface area (Å²) in [7, 11) is 0. The van der Waals surface area contributed by atoms with Crippen molar-refractivity contribution in [1.82, 2.24) is 4.90 Å². The topological polar surface area (TPSA) is 56.1 Å². The second kappa shape index (κ2) is 6.77. The molecule has 0 bridgehead atoms. The maximum Gasteiger partial charge on any atom is 0.129 e. The molecule has 1 aliphatic rings. The fourth-order valence-electron chi connectivity index (χ4n) is 3.33. The van der Waals surface area contributed by atoms with Crippen LogP contribution in [-0.4, -0.2) is 39.0 Å². The summed E-state index contributed by atoms with van der Waals surface area (Å²) in [6.07, 6.45) is 0.681. The van der Waals surface area contributed by atoms with Gasteiger partial charge in [0.15, 0.2) is 0 Å². The van der Waals surface area contributed by atoms with E-state index in [4.69, 9.17) is 12.2 Å². The Labute approximate surface area is 157 Å². The molecule has 0 radical (unpaired) electrons. The number of thiocarbonyl (C=S) groups is 1. The van der Waals surface area contributed by atoms with E-state index in [1.54, 1.807) is 6.07 Å². The van der Waals surface area contributed by atoms with E-state index in [1.165, 1.54) is 28.5 Å². The second-order valence-electron chi connectivity index (χ2n) is 6.27. The smallest absolute Gasteiger partial charge is 0.129 e. The van der Waals surface area contributed by atoms with E-state index < -0.39 is 0 Å². The number of amidine groups is 1. The van der Waals surface area contributed by atoms with Crippen molar-refractivity contribution in [2.24, 2.45) is 4.99 Å². The highest BCUT2D eigenvalue weighted by atomic mass is 32.1. The predicted molar refractivity (Wildman–Crippen MR) is 108 cm³/mol. The van der Waals surface area contributed by atoms with Crippen LogP contribution in [0.25, 0.3) is 10.8 Å². The predicted octanol–water partition coefficient (Wildman–Crippen LogP) is 3.88. The average Bonchev–Trinajstić information content (AvgIpc) is 3.10.